The van der Waals surface area contributed by atoms with Crippen LogP contribution < -0.4 is 5.73 Å². The molecule has 2 aromatic heterocycles. The monoisotopic (exact) mass is 208 g/mol. The van der Waals surface area contributed by atoms with Crippen LogP contribution in [0.5, 0.6) is 0 Å². The summed E-state index contributed by atoms with van der Waals surface area (Å²) in [6, 6.07) is 0. The smallest absolute Gasteiger partial charge is 0.200 e. The molecular weight excluding hydrogens is 196 g/mol. The van der Waals surface area contributed by atoms with Crippen LogP contribution in [0.3, 0.4) is 0 Å². The first kappa shape index (κ1) is 9.21. The number of imidazole rings is 1. The van der Waals surface area contributed by atoms with E-state index in [0.717, 1.165) is 10.7 Å². The second kappa shape index (κ2) is 3.42. The van der Waals surface area contributed by atoms with Gasteiger partial charge in [-0.1, -0.05) is 0 Å². The number of aromatic nitrogens is 3. The molecule has 2 aromatic rings. The second-order valence-corrected chi connectivity index (χ2v) is 4.56. The number of thiazole rings is 1. The van der Waals surface area contributed by atoms with E-state index in [0.29, 0.717) is 12.5 Å². The maximum atomic E-state index is 5.67. The Morgan fingerprint density at radius 1 is 1.50 bits per heavy atom. The van der Waals surface area contributed by atoms with Gasteiger partial charge in [0, 0.05) is 17.3 Å². The van der Waals surface area contributed by atoms with Gasteiger partial charge >= 0.3 is 0 Å². The molecule has 0 unspecified atom stereocenters. The van der Waals surface area contributed by atoms with E-state index >= 15 is 0 Å². The van der Waals surface area contributed by atoms with Gasteiger partial charge in [-0.3, -0.25) is 0 Å². The highest BCUT2D eigenvalue weighted by molar-refractivity contribution is 7.11. The third-order valence-electron chi connectivity index (χ3n) is 2.07. The minimum absolute atomic E-state index is 0.537. The SMILES string of the molecule is Cc1nc(Cn2ccnc2N)c(C)s1. The van der Waals surface area contributed by atoms with Crippen LogP contribution in [-0.4, -0.2) is 14.5 Å². The molecule has 0 saturated carbocycles. The minimum Gasteiger partial charge on any atom is -0.369 e. The van der Waals surface area contributed by atoms with Gasteiger partial charge in [0.1, 0.15) is 0 Å². The third-order valence-corrected chi connectivity index (χ3v) is 3.00. The summed E-state index contributed by atoms with van der Waals surface area (Å²) in [6.07, 6.45) is 3.56. The molecule has 0 saturated heterocycles. The van der Waals surface area contributed by atoms with Crippen molar-refractivity contribution in [1.29, 1.82) is 0 Å². The fraction of sp³-hybridized carbons (Fsp3) is 0.333. The van der Waals surface area contributed by atoms with E-state index in [1.807, 2.05) is 17.7 Å². The first-order valence-electron chi connectivity index (χ1n) is 4.36. The average molecular weight is 208 g/mol. The van der Waals surface area contributed by atoms with Gasteiger partial charge in [0.2, 0.25) is 0 Å². The number of hydrogen-bond acceptors (Lipinski definition) is 4. The lowest BCUT2D eigenvalue weighted by Gasteiger charge is -2.01. The summed E-state index contributed by atoms with van der Waals surface area (Å²) in [5, 5.41) is 1.09. The van der Waals surface area contributed by atoms with Crippen molar-refractivity contribution >= 4 is 17.3 Å². The molecule has 0 aromatic carbocycles. The summed E-state index contributed by atoms with van der Waals surface area (Å²) in [6.45, 7) is 4.80. The lowest BCUT2D eigenvalue weighted by Crippen LogP contribution is -2.04. The Morgan fingerprint density at radius 3 is 2.79 bits per heavy atom. The summed E-state index contributed by atoms with van der Waals surface area (Å²) in [7, 11) is 0. The third kappa shape index (κ3) is 1.63. The van der Waals surface area contributed by atoms with E-state index in [9.17, 15) is 0 Å². The molecule has 2 heterocycles. The first-order valence-corrected chi connectivity index (χ1v) is 5.18. The van der Waals surface area contributed by atoms with Crippen molar-refractivity contribution < 1.29 is 0 Å². The van der Waals surface area contributed by atoms with E-state index in [2.05, 4.69) is 16.9 Å². The molecular formula is C9H12N4S. The molecule has 0 spiro atoms. The number of nitrogens with two attached hydrogens (primary N) is 1. The Kier molecular flexibility index (Phi) is 2.25. The van der Waals surface area contributed by atoms with Crippen LogP contribution in [0.25, 0.3) is 0 Å². The molecule has 0 radical (unpaired) electrons. The Morgan fingerprint density at radius 2 is 2.29 bits per heavy atom. The second-order valence-electron chi connectivity index (χ2n) is 3.15. The normalized spacial score (nSPS) is 10.7. The lowest BCUT2D eigenvalue weighted by atomic mass is 10.4. The highest BCUT2D eigenvalue weighted by Gasteiger charge is 2.06. The fourth-order valence-electron chi connectivity index (χ4n) is 1.35. The van der Waals surface area contributed by atoms with E-state index in [1.54, 1.807) is 17.5 Å². The molecule has 0 fully saturated rings. The molecule has 0 atom stereocenters. The van der Waals surface area contributed by atoms with E-state index < -0.39 is 0 Å². The van der Waals surface area contributed by atoms with Crippen LogP contribution in [-0.2, 0) is 6.54 Å². The summed E-state index contributed by atoms with van der Waals surface area (Å²) in [5.41, 5.74) is 6.75. The van der Waals surface area contributed by atoms with Gasteiger partial charge in [0.05, 0.1) is 17.2 Å². The predicted octanol–water partition coefficient (Wildman–Crippen LogP) is 1.59. The van der Waals surface area contributed by atoms with Crippen LogP contribution in [0.1, 0.15) is 15.6 Å². The van der Waals surface area contributed by atoms with Gasteiger partial charge in [-0.05, 0) is 13.8 Å². The van der Waals surface area contributed by atoms with Crippen LogP contribution in [0.4, 0.5) is 5.95 Å². The van der Waals surface area contributed by atoms with Crippen molar-refractivity contribution in [2.75, 3.05) is 5.73 Å². The Bertz CT molecular complexity index is 443. The highest BCUT2D eigenvalue weighted by atomic mass is 32.1. The van der Waals surface area contributed by atoms with E-state index in [-0.39, 0.29) is 0 Å². The summed E-state index contributed by atoms with van der Waals surface area (Å²) < 4.78 is 1.89. The van der Waals surface area contributed by atoms with E-state index in [1.165, 1.54) is 4.88 Å². The number of nitrogen functional groups attached to an aromatic ring is 1. The van der Waals surface area contributed by atoms with Gasteiger partial charge in [-0.2, -0.15) is 0 Å². The zero-order chi connectivity index (χ0) is 10.1. The van der Waals surface area contributed by atoms with Crippen LogP contribution in [0, 0.1) is 13.8 Å². The zero-order valence-corrected chi connectivity index (χ0v) is 9.01. The quantitative estimate of drug-likeness (QED) is 0.815. The molecule has 2 N–H and O–H groups in total. The van der Waals surface area contributed by atoms with Gasteiger partial charge in [0.15, 0.2) is 5.95 Å². The number of anilines is 1. The van der Waals surface area contributed by atoms with Crippen molar-refractivity contribution in [2.45, 2.75) is 20.4 Å². The van der Waals surface area contributed by atoms with Crippen molar-refractivity contribution in [3.8, 4) is 0 Å². The standard InChI is InChI=1S/C9H12N4S/c1-6-8(12-7(2)14-6)5-13-4-3-11-9(13)10/h3-4H,5H2,1-2H3,(H2,10,11). The largest absolute Gasteiger partial charge is 0.369 e. The topological polar surface area (TPSA) is 56.7 Å². The van der Waals surface area contributed by atoms with Gasteiger partial charge < -0.3 is 10.3 Å². The lowest BCUT2D eigenvalue weighted by molar-refractivity contribution is 0.784. The maximum absolute atomic E-state index is 5.67. The molecule has 0 aliphatic heterocycles. The van der Waals surface area contributed by atoms with Crippen molar-refractivity contribution in [2.24, 2.45) is 0 Å². The van der Waals surface area contributed by atoms with Gasteiger partial charge in [-0.15, -0.1) is 11.3 Å². The molecule has 4 nitrogen and oxygen atoms in total. The molecule has 0 aliphatic rings. The van der Waals surface area contributed by atoms with Crippen molar-refractivity contribution in [1.82, 2.24) is 14.5 Å². The van der Waals surface area contributed by atoms with Crippen molar-refractivity contribution in [3.63, 3.8) is 0 Å². The summed E-state index contributed by atoms with van der Waals surface area (Å²) in [5.74, 6) is 0.537. The number of aryl methyl sites for hydroxylation is 2. The first-order chi connectivity index (χ1) is 6.66. The van der Waals surface area contributed by atoms with Gasteiger partial charge in [0.25, 0.3) is 0 Å². The molecule has 0 aliphatic carbocycles. The summed E-state index contributed by atoms with van der Waals surface area (Å²) in [4.78, 5) is 9.65. The number of nitrogens with zero attached hydrogens (tertiary/aromatic N) is 3. The zero-order valence-electron chi connectivity index (χ0n) is 8.19. The Hall–Kier alpha value is -1.36. The molecule has 0 bridgehead atoms. The number of rotatable bonds is 2. The minimum atomic E-state index is 0.537. The van der Waals surface area contributed by atoms with Gasteiger partial charge in [-0.25, -0.2) is 9.97 Å². The highest BCUT2D eigenvalue weighted by Crippen LogP contribution is 2.18. The fourth-order valence-corrected chi connectivity index (χ4v) is 2.18. The predicted molar refractivity (Wildman–Crippen MR) is 57.3 cm³/mol. The van der Waals surface area contributed by atoms with Crippen molar-refractivity contribution in [3.05, 3.63) is 28.0 Å². The maximum Gasteiger partial charge on any atom is 0.200 e. The molecule has 5 heteroatoms. The van der Waals surface area contributed by atoms with Crippen LogP contribution in [0.2, 0.25) is 0 Å². The van der Waals surface area contributed by atoms with E-state index in [4.69, 9.17) is 5.73 Å². The summed E-state index contributed by atoms with van der Waals surface area (Å²) >= 11 is 1.71. The molecule has 14 heavy (non-hydrogen) atoms. The average Bonchev–Trinajstić information content (AvgIpc) is 2.62. The molecule has 74 valence electrons. The Labute approximate surface area is 86.4 Å². The molecule has 2 rings (SSSR count). The van der Waals surface area contributed by atoms with Crippen LogP contribution in [0.15, 0.2) is 12.4 Å². The number of hydrogen-bond donors (Lipinski definition) is 1. The molecule has 0 amide bonds. The van der Waals surface area contributed by atoms with Crippen LogP contribution >= 0.6 is 11.3 Å². The Balaban J connectivity index is 2.27.